The number of hydrogen-bond donors (Lipinski definition) is 1. The highest BCUT2D eigenvalue weighted by atomic mass is 79.9. The summed E-state index contributed by atoms with van der Waals surface area (Å²) in [4.78, 5) is 36.7. The first kappa shape index (κ1) is 22.1. The molecule has 2 aromatic carbocycles. The molecule has 7 nitrogen and oxygen atoms in total. The number of hydrogen-bond acceptors (Lipinski definition) is 5. The van der Waals surface area contributed by atoms with E-state index in [-0.39, 0.29) is 12.3 Å². The number of ether oxygens (including phenoxy) is 2. The zero-order valence-corrected chi connectivity index (χ0v) is 18.7. The zero-order valence-electron chi connectivity index (χ0n) is 15.6. The number of halogens is 3. The number of benzene rings is 2. The van der Waals surface area contributed by atoms with Crippen molar-refractivity contribution in [1.29, 1.82) is 0 Å². The van der Waals surface area contributed by atoms with Gasteiger partial charge in [-0.1, -0.05) is 45.2 Å². The summed E-state index contributed by atoms with van der Waals surface area (Å²) in [6.07, 6.45) is 1.47. The highest BCUT2D eigenvalue weighted by molar-refractivity contribution is 9.10. The summed E-state index contributed by atoms with van der Waals surface area (Å²) in [5, 5.41) is 3.44. The van der Waals surface area contributed by atoms with Crippen molar-refractivity contribution in [3.63, 3.8) is 0 Å². The van der Waals surface area contributed by atoms with Crippen LogP contribution in [0.2, 0.25) is 10.0 Å². The Morgan fingerprint density at radius 3 is 2.67 bits per heavy atom. The molecule has 0 aliphatic carbocycles. The predicted octanol–water partition coefficient (Wildman–Crippen LogP) is 4.40. The van der Waals surface area contributed by atoms with Gasteiger partial charge in [0, 0.05) is 25.6 Å². The first-order valence-corrected chi connectivity index (χ1v) is 10.1. The molecule has 0 aromatic heterocycles. The number of rotatable bonds is 6. The molecule has 0 spiro atoms. The fraction of sp³-hybridized carbons (Fsp3) is 0.150. The fourth-order valence-corrected chi connectivity index (χ4v) is 3.46. The summed E-state index contributed by atoms with van der Waals surface area (Å²) in [5.74, 6) is -0.881. The second-order valence-electron chi connectivity index (χ2n) is 6.16. The Labute approximate surface area is 190 Å². The van der Waals surface area contributed by atoms with Crippen LogP contribution in [0, 0.1) is 0 Å². The maximum atomic E-state index is 12.5. The lowest BCUT2D eigenvalue weighted by molar-refractivity contribution is -0.143. The molecular weight excluding hydrogens is 499 g/mol. The fourth-order valence-electron chi connectivity index (χ4n) is 2.62. The van der Waals surface area contributed by atoms with E-state index in [9.17, 15) is 14.4 Å². The number of amides is 3. The first-order chi connectivity index (χ1) is 14.3. The highest BCUT2D eigenvalue weighted by Gasteiger charge is 2.35. The van der Waals surface area contributed by atoms with Gasteiger partial charge in [0.1, 0.15) is 24.6 Å². The number of urea groups is 1. The van der Waals surface area contributed by atoms with Crippen molar-refractivity contribution < 1.29 is 23.9 Å². The molecule has 1 N–H and O–H groups in total. The molecule has 156 valence electrons. The number of carbonyl (C=O) groups is 3. The maximum absolute atomic E-state index is 12.5. The molecule has 0 unspecified atom stereocenters. The Balaban J connectivity index is 1.84. The third-order valence-corrected chi connectivity index (χ3v) is 5.23. The number of imide groups is 1. The standard InChI is InChI=1S/C20H15BrCl2N2O5/c1-29-18(26)9-25-19(27)16(24-20(25)28)7-12-6-13(21)3-5-17(12)30-10-11-2-4-14(22)8-15(11)23/h2-8H,9-10H2,1H3,(H,24,28)/b16-7+. The van der Waals surface area contributed by atoms with Crippen LogP contribution >= 0.6 is 39.1 Å². The second kappa shape index (κ2) is 9.51. The zero-order chi connectivity index (χ0) is 21.8. The summed E-state index contributed by atoms with van der Waals surface area (Å²) in [6, 6.07) is 9.60. The van der Waals surface area contributed by atoms with Crippen LogP contribution in [0.1, 0.15) is 11.1 Å². The molecule has 3 amide bonds. The van der Waals surface area contributed by atoms with Gasteiger partial charge in [-0.05, 0) is 36.4 Å². The molecule has 0 radical (unpaired) electrons. The smallest absolute Gasteiger partial charge is 0.329 e. The first-order valence-electron chi connectivity index (χ1n) is 8.56. The van der Waals surface area contributed by atoms with E-state index in [2.05, 4.69) is 26.0 Å². The van der Waals surface area contributed by atoms with Gasteiger partial charge in [-0.3, -0.25) is 9.59 Å². The van der Waals surface area contributed by atoms with Gasteiger partial charge in [-0.25, -0.2) is 9.69 Å². The largest absolute Gasteiger partial charge is 0.488 e. The average molecular weight is 514 g/mol. The van der Waals surface area contributed by atoms with Gasteiger partial charge in [0.2, 0.25) is 0 Å². The number of nitrogens with zero attached hydrogens (tertiary/aromatic N) is 1. The maximum Gasteiger partial charge on any atom is 0.329 e. The molecule has 3 rings (SSSR count). The van der Waals surface area contributed by atoms with Gasteiger partial charge < -0.3 is 14.8 Å². The van der Waals surface area contributed by atoms with Gasteiger partial charge >= 0.3 is 12.0 Å². The Bertz CT molecular complexity index is 1060. The van der Waals surface area contributed by atoms with Crippen LogP contribution in [0.25, 0.3) is 6.08 Å². The monoisotopic (exact) mass is 512 g/mol. The van der Waals surface area contributed by atoms with E-state index in [1.54, 1.807) is 36.4 Å². The number of esters is 1. The van der Waals surface area contributed by atoms with E-state index in [1.165, 1.54) is 13.2 Å². The molecule has 1 heterocycles. The molecule has 1 fully saturated rings. The molecule has 0 bridgehead atoms. The van der Waals surface area contributed by atoms with Crippen molar-refractivity contribution in [3.05, 3.63) is 67.7 Å². The number of carbonyl (C=O) groups excluding carboxylic acids is 3. The molecule has 0 atom stereocenters. The molecule has 0 saturated carbocycles. The quantitative estimate of drug-likeness (QED) is 0.351. The van der Waals surface area contributed by atoms with Crippen LogP contribution in [0.3, 0.4) is 0 Å². The van der Waals surface area contributed by atoms with Crippen LogP contribution in [0.4, 0.5) is 4.79 Å². The Morgan fingerprint density at radius 1 is 1.20 bits per heavy atom. The third kappa shape index (κ3) is 5.13. The summed E-state index contributed by atoms with van der Waals surface area (Å²) < 4.78 is 11.1. The lowest BCUT2D eigenvalue weighted by atomic mass is 10.1. The van der Waals surface area contributed by atoms with E-state index < -0.39 is 24.5 Å². The summed E-state index contributed by atoms with van der Waals surface area (Å²) in [7, 11) is 1.18. The van der Waals surface area contributed by atoms with Crippen molar-refractivity contribution in [3.8, 4) is 5.75 Å². The molecule has 2 aromatic rings. The van der Waals surface area contributed by atoms with Gasteiger partial charge in [0.25, 0.3) is 5.91 Å². The Hall–Kier alpha value is -2.55. The number of methoxy groups -OCH3 is 1. The van der Waals surface area contributed by atoms with E-state index in [4.69, 9.17) is 27.9 Å². The molecule has 1 aliphatic heterocycles. The second-order valence-corrected chi connectivity index (χ2v) is 7.92. The minimum Gasteiger partial charge on any atom is -0.488 e. The van der Waals surface area contributed by atoms with Crippen molar-refractivity contribution >= 4 is 63.1 Å². The predicted molar refractivity (Wildman–Crippen MR) is 115 cm³/mol. The van der Waals surface area contributed by atoms with Crippen LogP contribution in [-0.4, -0.2) is 36.5 Å². The number of nitrogens with one attached hydrogen (secondary N) is 1. The van der Waals surface area contributed by atoms with Crippen LogP contribution in [0.5, 0.6) is 5.75 Å². The van der Waals surface area contributed by atoms with E-state index in [0.717, 1.165) is 14.9 Å². The average Bonchev–Trinajstić information content (AvgIpc) is 2.95. The van der Waals surface area contributed by atoms with Crippen molar-refractivity contribution in [2.24, 2.45) is 0 Å². The van der Waals surface area contributed by atoms with Gasteiger partial charge in [-0.15, -0.1) is 0 Å². The van der Waals surface area contributed by atoms with Gasteiger partial charge in [0.15, 0.2) is 0 Å². The molecule has 1 aliphatic rings. The van der Waals surface area contributed by atoms with E-state index >= 15 is 0 Å². The van der Waals surface area contributed by atoms with E-state index in [0.29, 0.717) is 21.4 Å². The Morgan fingerprint density at radius 2 is 1.97 bits per heavy atom. The van der Waals surface area contributed by atoms with Crippen molar-refractivity contribution in [2.45, 2.75) is 6.61 Å². The minimum atomic E-state index is -0.706. The summed E-state index contributed by atoms with van der Waals surface area (Å²) in [6.45, 7) is -0.308. The molecular formula is C20H15BrCl2N2O5. The topological polar surface area (TPSA) is 84.9 Å². The Kier molecular flexibility index (Phi) is 7.02. The minimum absolute atomic E-state index is 0.0105. The van der Waals surface area contributed by atoms with Gasteiger partial charge in [0.05, 0.1) is 7.11 Å². The van der Waals surface area contributed by atoms with Crippen LogP contribution in [-0.2, 0) is 20.9 Å². The van der Waals surface area contributed by atoms with Crippen LogP contribution in [0.15, 0.2) is 46.6 Å². The lowest BCUT2D eigenvalue weighted by Gasteiger charge is -2.12. The molecule has 1 saturated heterocycles. The van der Waals surface area contributed by atoms with Crippen molar-refractivity contribution in [2.75, 3.05) is 13.7 Å². The summed E-state index contributed by atoms with van der Waals surface area (Å²) in [5.41, 5.74) is 1.28. The normalized spacial score (nSPS) is 14.8. The highest BCUT2D eigenvalue weighted by Crippen LogP contribution is 2.29. The molecule has 10 heteroatoms. The molecule has 30 heavy (non-hydrogen) atoms. The van der Waals surface area contributed by atoms with Crippen molar-refractivity contribution in [1.82, 2.24) is 10.2 Å². The summed E-state index contributed by atoms with van der Waals surface area (Å²) >= 11 is 15.5. The third-order valence-electron chi connectivity index (χ3n) is 4.15. The lowest BCUT2D eigenvalue weighted by Crippen LogP contribution is -2.36. The van der Waals surface area contributed by atoms with Crippen LogP contribution < -0.4 is 10.1 Å². The SMILES string of the molecule is COC(=O)CN1C(=O)N/C(=C/c2cc(Br)ccc2OCc2ccc(Cl)cc2Cl)C1=O. The van der Waals surface area contributed by atoms with Gasteiger partial charge in [-0.2, -0.15) is 0 Å². The van der Waals surface area contributed by atoms with E-state index in [1.807, 2.05) is 0 Å².